The zero-order chi connectivity index (χ0) is 14.5. The van der Waals surface area contributed by atoms with Crippen LogP contribution in [0.15, 0.2) is 54.9 Å². The maximum atomic E-state index is 5.82. The van der Waals surface area contributed by atoms with Crippen LogP contribution in [0.2, 0.25) is 0 Å². The molecule has 0 saturated heterocycles. The van der Waals surface area contributed by atoms with E-state index >= 15 is 0 Å². The lowest BCUT2D eigenvalue weighted by Gasteiger charge is -2.10. The van der Waals surface area contributed by atoms with Crippen LogP contribution in [0, 0.1) is 0 Å². The minimum Gasteiger partial charge on any atom is -0.496 e. The summed E-state index contributed by atoms with van der Waals surface area (Å²) in [4.78, 5) is 8.44. The standard InChI is InChI=1S/C17H16N2O2/c1-20-16-9-5-2-6-13(16)10-11-21-17-14-7-3-4-8-15(14)18-12-19-17/h2-9,12H,10-11H2,1H3. The Labute approximate surface area is 123 Å². The fraction of sp³-hybridized carbons (Fsp3) is 0.176. The van der Waals surface area contributed by atoms with Gasteiger partial charge in [0.1, 0.15) is 12.1 Å². The van der Waals surface area contributed by atoms with E-state index < -0.39 is 0 Å². The monoisotopic (exact) mass is 280 g/mol. The van der Waals surface area contributed by atoms with Crippen molar-refractivity contribution in [1.29, 1.82) is 0 Å². The maximum Gasteiger partial charge on any atom is 0.224 e. The lowest BCUT2D eigenvalue weighted by molar-refractivity contribution is 0.310. The highest BCUT2D eigenvalue weighted by Gasteiger charge is 2.05. The highest BCUT2D eigenvalue weighted by Crippen LogP contribution is 2.22. The van der Waals surface area contributed by atoms with Gasteiger partial charge in [0.05, 0.1) is 24.6 Å². The van der Waals surface area contributed by atoms with E-state index in [4.69, 9.17) is 9.47 Å². The summed E-state index contributed by atoms with van der Waals surface area (Å²) in [5, 5.41) is 0.931. The average Bonchev–Trinajstić information content (AvgIpc) is 2.55. The van der Waals surface area contributed by atoms with Crippen LogP contribution in [0.25, 0.3) is 10.9 Å². The van der Waals surface area contributed by atoms with E-state index in [0.29, 0.717) is 12.5 Å². The molecule has 0 amide bonds. The number of methoxy groups -OCH3 is 1. The van der Waals surface area contributed by atoms with Crippen molar-refractivity contribution in [3.05, 3.63) is 60.4 Å². The quantitative estimate of drug-likeness (QED) is 0.719. The maximum absolute atomic E-state index is 5.82. The van der Waals surface area contributed by atoms with Gasteiger partial charge in [0, 0.05) is 6.42 Å². The van der Waals surface area contributed by atoms with Gasteiger partial charge in [-0.3, -0.25) is 0 Å². The second-order valence-corrected chi connectivity index (χ2v) is 4.61. The molecule has 0 saturated carbocycles. The number of hydrogen-bond acceptors (Lipinski definition) is 4. The first kappa shape index (κ1) is 13.4. The smallest absolute Gasteiger partial charge is 0.224 e. The van der Waals surface area contributed by atoms with E-state index in [1.54, 1.807) is 7.11 Å². The molecule has 1 aromatic heterocycles. The average molecular weight is 280 g/mol. The van der Waals surface area contributed by atoms with Crippen molar-refractivity contribution < 1.29 is 9.47 Å². The first-order valence-electron chi connectivity index (χ1n) is 6.83. The molecule has 0 aliphatic rings. The summed E-state index contributed by atoms with van der Waals surface area (Å²) < 4.78 is 11.2. The summed E-state index contributed by atoms with van der Waals surface area (Å²) in [7, 11) is 1.68. The number of hydrogen-bond donors (Lipinski definition) is 0. The molecule has 0 atom stereocenters. The van der Waals surface area contributed by atoms with Crippen molar-refractivity contribution in [2.24, 2.45) is 0 Å². The Hall–Kier alpha value is -2.62. The Kier molecular flexibility index (Phi) is 3.96. The van der Waals surface area contributed by atoms with Gasteiger partial charge in [-0.1, -0.05) is 30.3 Å². The normalized spacial score (nSPS) is 10.5. The Morgan fingerprint density at radius 2 is 1.76 bits per heavy atom. The Balaban J connectivity index is 1.72. The molecule has 0 N–H and O–H groups in total. The van der Waals surface area contributed by atoms with Crippen molar-refractivity contribution in [1.82, 2.24) is 9.97 Å². The molecule has 3 aromatic rings. The van der Waals surface area contributed by atoms with E-state index in [9.17, 15) is 0 Å². The molecule has 3 rings (SSSR count). The second-order valence-electron chi connectivity index (χ2n) is 4.61. The third-order valence-corrected chi connectivity index (χ3v) is 3.31. The number of rotatable bonds is 5. The second kappa shape index (κ2) is 6.22. The van der Waals surface area contributed by atoms with Gasteiger partial charge in [0.2, 0.25) is 5.88 Å². The number of para-hydroxylation sites is 2. The zero-order valence-corrected chi connectivity index (χ0v) is 11.8. The summed E-state index contributed by atoms with van der Waals surface area (Å²) in [6.45, 7) is 0.543. The van der Waals surface area contributed by atoms with Crippen LogP contribution in [0.3, 0.4) is 0 Å². The predicted octanol–water partition coefficient (Wildman–Crippen LogP) is 3.26. The van der Waals surface area contributed by atoms with Crippen molar-refractivity contribution in [2.45, 2.75) is 6.42 Å². The SMILES string of the molecule is COc1ccccc1CCOc1ncnc2ccccc12. The number of nitrogens with zero attached hydrogens (tertiary/aromatic N) is 2. The zero-order valence-electron chi connectivity index (χ0n) is 11.8. The number of fused-ring (bicyclic) bond motifs is 1. The molecule has 0 fully saturated rings. The van der Waals surface area contributed by atoms with E-state index in [0.717, 1.165) is 28.6 Å². The molecule has 0 aliphatic carbocycles. The molecule has 4 heteroatoms. The van der Waals surface area contributed by atoms with Gasteiger partial charge < -0.3 is 9.47 Å². The van der Waals surface area contributed by atoms with Gasteiger partial charge in [-0.25, -0.2) is 9.97 Å². The molecule has 0 unspecified atom stereocenters. The first-order chi connectivity index (χ1) is 10.4. The van der Waals surface area contributed by atoms with Crippen LogP contribution in [-0.2, 0) is 6.42 Å². The highest BCUT2D eigenvalue weighted by molar-refractivity contribution is 5.82. The molecular weight excluding hydrogens is 264 g/mol. The summed E-state index contributed by atoms with van der Waals surface area (Å²) in [6.07, 6.45) is 2.29. The molecular formula is C17H16N2O2. The molecule has 4 nitrogen and oxygen atoms in total. The summed E-state index contributed by atoms with van der Waals surface area (Å²) in [5.41, 5.74) is 2.01. The van der Waals surface area contributed by atoms with Crippen molar-refractivity contribution in [3.8, 4) is 11.6 Å². The number of benzene rings is 2. The molecule has 2 aromatic carbocycles. The van der Waals surface area contributed by atoms with Crippen molar-refractivity contribution >= 4 is 10.9 Å². The fourth-order valence-electron chi connectivity index (χ4n) is 2.26. The molecule has 0 bridgehead atoms. The summed E-state index contributed by atoms with van der Waals surface area (Å²) in [5.74, 6) is 1.50. The Morgan fingerprint density at radius 3 is 2.67 bits per heavy atom. The minimum atomic E-state index is 0.543. The van der Waals surface area contributed by atoms with E-state index in [-0.39, 0.29) is 0 Å². The summed E-state index contributed by atoms with van der Waals surface area (Å²) >= 11 is 0. The Bertz CT molecular complexity index is 738. The largest absolute Gasteiger partial charge is 0.496 e. The van der Waals surface area contributed by atoms with Gasteiger partial charge in [-0.2, -0.15) is 0 Å². The highest BCUT2D eigenvalue weighted by atomic mass is 16.5. The van der Waals surface area contributed by atoms with Crippen LogP contribution in [0.5, 0.6) is 11.6 Å². The van der Waals surface area contributed by atoms with Gasteiger partial charge in [-0.05, 0) is 23.8 Å². The predicted molar refractivity (Wildman–Crippen MR) is 81.7 cm³/mol. The van der Waals surface area contributed by atoms with Gasteiger partial charge in [0.15, 0.2) is 0 Å². The van der Waals surface area contributed by atoms with Crippen LogP contribution in [0.1, 0.15) is 5.56 Å². The van der Waals surface area contributed by atoms with Crippen LogP contribution in [-0.4, -0.2) is 23.7 Å². The third kappa shape index (κ3) is 2.94. The number of ether oxygens (including phenoxy) is 2. The molecule has 0 spiro atoms. The number of aromatic nitrogens is 2. The molecule has 0 radical (unpaired) electrons. The van der Waals surface area contributed by atoms with Gasteiger partial charge in [-0.15, -0.1) is 0 Å². The van der Waals surface area contributed by atoms with E-state index in [2.05, 4.69) is 9.97 Å². The van der Waals surface area contributed by atoms with Crippen LogP contribution in [0.4, 0.5) is 0 Å². The lowest BCUT2D eigenvalue weighted by atomic mass is 10.1. The van der Waals surface area contributed by atoms with Crippen molar-refractivity contribution in [2.75, 3.05) is 13.7 Å². The van der Waals surface area contributed by atoms with Crippen LogP contribution < -0.4 is 9.47 Å². The lowest BCUT2D eigenvalue weighted by Crippen LogP contribution is -2.04. The van der Waals surface area contributed by atoms with E-state index in [1.165, 1.54) is 6.33 Å². The van der Waals surface area contributed by atoms with Crippen LogP contribution >= 0.6 is 0 Å². The third-order valence-electron chi connectivity index (χ3n) is 3.31. The molecule has 0 aliphatic heterocycles. The van der Waals surface area contributed by atoms with Gasteiger partial charge >= 0.3 is 0 Å². The molecule has 1 heterocycles. The minimum absolute atomic E-state index is 0.543. The topological polar surface area (TPSA) is 44.2 Å². The van der Waals surface area contributed by atoms with Gasteiger partial charge in [0.25, 0.3) is 0 Å². The summed E-state index contributed by atoms with van der Waals surface area (Å²) in [6, 6.07) is 15.8. The van der Waals surface area contributed by atoms with Crippen molar-refractivity contribution in [3.63, 3.8) is 0 Å². The van der Waals surface area contributed by atoms with E-state index in [1.807, 2.05) is 48.5 Å². The Morgan fingerprint density at radius 1 is 0.952 bits per heavy atom. The fourth-order valence-corrected chi connectivity index (χ4v) is 2.26. The molecule has 106 valence electrons. The molecule has 21 heavy (non-hydrogen) atoms. The first-order valence-corrected chi connectivity index (χ1v) is 6.83.